The third-order valence-electron chi connectivity index (χ3n) is 5.26. The van der Waals surface area contributed by atoms with E-state index in [1.807, 2.05) is 30.3 Å². The van der Waals surface area contributed by atoms with Crippen LogP contribution >= 0.6 is 0 Å². The SMILES string of the molecule is O=C(O)[C@H]1CN(C(=O)c2cccc(Oc3ccccc3)c2)C[C@@H]1C1CC1. The molecule has 1 aliphatic carbocycles. The number of nitrogens with zero attached hydrogens (tertiary/aromatic N) is 1. The molecule has 5 nitrogen and oxygen atoms in total. The molecule has 4 rings (SSSR count). The van der Waals surface area contributed by atoms with Crippen molar-refractivity contribution in [3.05, 3.63) is 60.2 Å². The van der Waals surface area contributed by atoms with Crippen LogP contribution in [0, 0.1) is 17.8 Å². The molecular weight excluding hydrogens is 330 g/mol. The smallest absolute Gasteiger partial charge is 0.308 e. The van der Waals surface area contributed by atoms with Crippen molar-refractivity contribution >= 4 is 11.9 Å². The molecule has 1 saturated carbocycles. The molecule has 0 bridgehead atoms. The summed E-state index contributed by atoms with van der Waals surface area (Å²) in [4.78, 5) is 26.1. The number of hydrogen-bond donors (Lipinski definition) is 1. The molecule has 0 unspecified atom stereocenters. The van der Waals surface area contributed by atoms with Gasteiger partial charge in [-0.05, 0) is 55.0 Å². The molecule has 2 aromatic carbocycles. The molecule has 1 aliphatic heterocycles. The van der Waals surface area contributed by atoms with Gasteiger partial charge in [-0.1, -0.05) is 24.3 Å². The van der Waals surface area contributed by atoms with Crippen molar-refractivity contribution in [2.75, 3.05) is 13.1 Å². The minimum atomic E-state index is -0.793. The largest absolute Gasteiger partial charge is 0.481 e. The van der Waals surface area contributed by atoms with Crippen molar-refractivity contribution in [2.24, 2.45) is 17.8 Å². The van der Waals surface area contributed by atoms with Gasteiger partial charge in [-0.15, -0.1) is 0 Å². The highest BCUT2D eigenvalue weighted by atomic mass is 16.5. The van der Waals surface area contributed by atoms with Gasteiger partial charge in [-0.25, -0.2) is 0 Å². The molecule has 2 atom stereocenters. The average Bonchev–Trinajstić information content (AvgIpc) is 3.40. The van der Waals surface area contributed by atoms with Crippen molar-refractivity contribution in [3.8, 4) is 11.5 Å². The summed E-state index contributed by atoms with van der Waals surface area (Å²) < 4.78 is 5.80. The normalized spacial score (nSPS) is 22.2. The van der Waals surface area contributed by atoms with Gasteiger partial charge in [0.15, 0.2) is 0 Å². The van der Waals surface area contributed by atoms with Gasteiger partial charge in [0, 0.05) is 18.7 Å². The quantitative estimate of drug-likeness (QED) is 0.893. The Kier molecular flexibility index (Phi) is 4.37. The molecule has 0 spiro atoms. The first-order valence-corrected chi connectivity index (χ1v) is 8.97. The van der Waals surface area contributed by atoms with Crippen molar-refractivity contribution in [3.63, 3.8) is 0 Å². The Hall–Kier alpha value is -2.82. The van der Waals surface area contributed by atoms with E-state index >= 15 is 0 Å². The minimum Gasteiger partial charge on any atom is -0.481 e. The van der Waals surface area contributed by atoms with Crippen LogP contribution in [0.3, 0.4) is 0 Å². The lowest BCUT2D eigenvalue weighted by atomic mass is 9.92. The molecule has 0 aromatic heterocycles. The van der Waals surface area contributed by atoms with Crippen molar-refractivity contribution in [2.45, 2.75) is 12.8 Å². The van der Waals surface area contributed by atoms with Crippen LogP contribution in [0.2, 0.25) is 0 Å². The zero-order chi connectivity index (χ0) is 18.1. The molecule has 1 saturated heterocycles. The van der Waals surface area contributed by atoms with Gasteiger partial charge >= 0.3 is 5.97 Å². The van der Waals surface area contributed by atoms with E-state index in [0.717, 1.165) is 12.8 Å². The summed E-state index contributed by atoms with van der Waals surface area (Å²) in [6.07, 6.45) is 2.16. The van der Waals surface area contributed by atoms with Crippen LogP contribution in [0.5, 0.6) is 11.5 Å². The van der Waals surface area contributed by atoms with Gasteiger partial charge in [0.25, 0.3) is 5.91 Å². The topological polar surface area (TPSA) is 66.8 Å². The fourth-order valence-corrected chi connectivity index (χ4v) is 3.76. The minimum absolute atomic E-state index is 0.0835. The van der Waals surface area contributed by atoms with Gasteiger partial charge in [-0.3, -0.25) is 9.59 Å². The number of benzene rings is 2. The fraction of sp³-hybridized carbons (Fsp3) is 0.333. The molecule has 1 amide bonds. The molecule has 5 heteroatoms. The summed E-state index contributed by atoms with van der Waals surface area (Å²) in [5.74, 6) is 0.473. The second kappa shape index (κ2) is 6.83. The van der Waals surface area contributed by atoms with Crippen LogP contribution in [0.15, 0.2) is 54.6 Å². The number of para-hydroxylation sites is 1. The first-order chi connectivity index (χ1) is 12.6. The van der Waals surface area contributed by atoms with Gasteiger partial charge in [-0.2, -0.15) is 0 Å². The Balaban J connectivity index is 1.49. The highest BCUT2D eigenvalue weighted by Crippen LogP contribution is 2.44. The maximum absolute atomic E-state index is 12.9. The van der Waals surface area contributed by atoms with E-state index in [-0.39, 0.29) is 11.8 Å². The van der Waals surface area contributed by atoms with Crippen molar-refractivity contribution in [1.82, 2.24) is 4.90 Å². The van der Waals surface area contributed by atoms with Crippen molar-refractivity contribution < 1.29 is 19.4 Å². The van der Waals surface area contributed by atoms with Crippen LogP contribution in [-0.4, -0.2) is 35.0 Å². The fourth-order valence-electron chi connectivity index (χ4n) is 3.76. The summed E-state index contributed by atoms with van der Waals surface area (Å²) in [5.41, 5.74) is 0.527. The molecule has 2 aromatic rings. The van der Waals surface area contributed by atoms with E-state index in [1.54, 1.807) is 29.2 Å². The van der Waals surface area contributed by atoms with Crippen LogP contribution in [-0.2, 0) is 4.79 Å². The van der Waals surface area contributed by atoms with E-state index in [4.69, 9.17) is 4.74 Å². The molecule has 134 valence electrons. The average molecular weight is 351 g/mol. The Morgan fingerprint density at radius 1 is 0.962 bits per heavy atom. The highest BCUT2D eigenvalue weighted by molar-refractivity contribution is 5.95. The third kappa shape index (κ3) is 3.43. The molecule has 2 fully saturated rings. The summed E-state index contributed by atoms with van der Waals surface area (Å²) in [5, 5.41) is 9.48. The van der Waals surface area contributed by atoms with Crippen LogP contribution in [0.4, 0.5) is 0 Å². The van der Waals surface area contributed by atoms with Gasteiger partial charge in [0.2, 0.25) is 0 Å². The first-order valence-electron chi connectivity index (χ1n) is 8.97. The summed E-state index contributed by atoms with van der Waals surface area (Å²) >= 11 is 0. The molecule has 2 aliphatic rings. The molecule has 1 heterocycles. The Labute approximate surface area is 152 Å². The standard InChI is InChI=1S/C21H21NO4/c23-20(22-12-18(14-9-10-14)19(13-22)21(24)25)15-5-4-8-17(11-15)26-16-6-2-1-3-7-16/h1-8,11,14,18-19H,9-10,12-13H2,(H,24,25)/t18-,19+/m1/s1. The second-order valence-electron chi connectivity index (χ2n) is 7.10. The van der Waals surface area contributed by atoms with Gasteiger partial charge in [0.1, 0.15) is 11.5 Å². The number of carbonyl (C=O) groups excluding carboxylic acids is 1. The van der Waals surface area contributed by atoms with E-state index < -0.39 is 11.9 Å². The number of aliphatic carboxylic acids is 1. The zero-order valence-electron chi connectivity index (χ0n) is 14.4. The third-order valence-corrected chi connectivity index (χ3v) is 5.26. The lowest BCUT2D eigenvalue weighted by molar-refractivity contribution is -0.142. The van der Waals surface area contributed by atoms with E-state index in [9.17, 15) is 14.7 Å². The number of carbonyl (C=O) groups is 2. The second-order valence-corrected chi connectivity index (χ2v) is 7.10. The predicted molar refractivity (Wildman–Crippen MR) is 96.2 cm³/mol. The van der Waals surface area contributed by atoms with Crippen molar-refractivity contribution in [1.29, 1.82) is 0 Å². The lowest BCUT2D eigenvalue weighted by Gasteiger charge is -2.17. The number of rotatable bonds is 5. The van der Waals surface area contributed by atoms with Crippen LogP contribution < -0.4 is 4.74 Å². The first kappa shape index (κ1) is 16.6. The Morgan fingerprint density at radius 3 is 2.38 bits per heavy atom. The zero-order valence-corrected chi connectivity index (χ0v) is 14.4. The molecule has 26 heavy (non-hydrogen) atoms. The van der Waals surface area contributed by atoms with Crippen LogP contribution in [0.25, 0.3) is 0 Å². The number of carboxylic acids is 1. The molecular formula is C21H21NO4. The predicted octanol–water partition coefficient (Wildman–Crippen LogP) is 3.66. The van der Waals surface area contributed by atoms with Gasteiger partial charge < -0.3 is 14.7 Å². The Bertz CT molecular complexity index is 816. The molecule has 1 N–H and O–H groups in total. The maximum Gasteiger partial charge on any atom is 0.308 e. The number of hydrogen-bond acceptors (Lipinski definition) is 3. The monoisotopic (exact) mass is 351 g/mol. The number of carboxylic acid groups (broad SMARTS) is 1. The Morgan fingerprint density at radius 2 is 1.69 bits per heavy atom. The molecule has 0 radical (unpaired) electrons. The lowest BCUT2D eigenvalue weighted by Crippen LogP contribution is -2.29. The van der Waals surface area contributed by atoms with E-state index in [2.05, 4.69) is 0 Å². The van der Waals surface area contributed by atoms with Crippen LogP contribution in [0.1, 0.15) is 23.2 Å². The summed E-state index contributed by atoms with van der Waals surface area (Å²) in [6, 6.07) is 16.5. The summed E-state index contributed by atoms with van der Waals surface area (Å²) in [6.45, 7) is 0.823. The maximum atomic E-state index is 12.9. The van der Waals surface area contributed by atoms with E-state index in [0.29, 0.717) is 36.1 Å². The van der Waals surface area contributed by atoms with E-state index in [1.165, 1.54) is 0 Å². The highest BCUT2D eigenvalue weighted by Gasteiger charge is 2.46. The summed E-state index contributed by atoms with van der Waals surface area (Å²) in [7, 11) is 0. The number of ether oxygens (including phenoxy) is 1. The number of amides is 1. The number of likely N-dealkylation sites (tertiary alicyclic amines) is 1. The van der Waals surface area contributed by atoms with Gasteiger partial charge in [0.05, 0.1) is 5.92 Å².